The number of hydrogen-bond acceptors (Lipinski definition) is 4. The van der Waals surface area contributed by atoms with Crippen LogP contribution in [0.4, 0.5) is 0 Å². The number of carbonyl (C=O) groups is 1. The highest BCUT2D eigenvalue weighted by atomic mass is 16.5. The van der Waals surface area contributed by atoms with Gasteiger partial charge in [0.25, 0.3) is 0 Å². The highest BCUT2D eigenvalue weighted by Crippen LogP contribution is 2.34. The second kappa shape index (κ2) is 5.05. The molecule has 1 atom stereocenters. The maximum Gasteiger partial charge on any atom is 0.217 e. The van der Waals surface area contributed by atoms with E-state index in [0.717, 1.165) is 24.3 Å². The third-order valence-corrected chi connectivity index (χ3v) is 2.77. The second-order valence-corrected chi connectivity index (χ2v) is 4.11. The summed E-state index contributed by atoms with van der Waals surface area (Å²) in [6, 6.07) is 5.23. The molecule has 0 bridgehead atoms. The normalized spacial score (nSPS) is 17.5. The number of benzene rings is 1. The minimum atomic E-state index is -0.278. The summed E-state index contributed by atoms with van der Waals surface area (Å²) in [5.74, 6) is 0.648. The van der Waals surface area contributed by atoms with Crippen LogP contribution in [-0.4, -0.2) is 24.2 Å². The van der Waals surface area contributed by atoms with Crippen LogP contribution in [0.25, 0.3) is 0 Å². The van der Waals surface area contributed by atoms with Gasteiger partial charge in [0, 0.05) is 18.1 Å². The predicted molar refractivity (Wildman–Crippen MR) is 62.8 cm³/mol. The Morgan fingerprint density at radius 3 is 3.18 bits per heavy atom. The molecule has 92 valence electrons. The minimum Gasteiger partial charge on any atom is -0.508 e. The van der Waals surface area contributed by atoms with Crippen LogP contribution >= 0.6 is 0 Å². The molecule has 1 amide bonds. The molecule has 4 N–H and O–H groups in total. The maximum absolute atomic E-state index is 10.6. The first-order chi connectivity index (χ1) is 8.16. The standard InChI is InChI=1S/C12H16N2O3/c13-12(16)2-1-5-14-10-7-17-11-6-8(15)3-4-9(10)11/h3-4,6,10,14-15H,1-2,5,7H2,(H2,13,16). The molecule has 1 unspecified atom stereocenters. The fourth-order valence-corrected chi connectivity index (χ4v) is 1.91. The number of aromatic hydroxyl groups is 1. The van der Waals surface area contributed by atoms with E-state index in [9.17, 15) is 9.90 Å². The molecule has 1 heterocycles. The molecule has 5 nitrogen and oxygen atoms in total. The van der Waals surface area contributed by atoms with Gasteiger partial charge in [-0.3, -0.25) is 4.79 Å². The van der Waals surface area contributed by atoms with Gasteiger partial charge in [0.2, 0.25) is 5.91 Å². The molecular weight excluding hydrogens is 220 g/mol. The van der Waals surface area contributed by atoms with Gasteiger partial charge in [-0.1, -0.05) is 0 Å². The first-order valence-corrected chi connectivity index (χ1v) is 5.64. The molecule has 1 aliphatic rings. The van der Waals surface area contributed by atoms with Crippen LogP contribution in [0.3, 0.4) is 0 Å². The summed E-state index contributed by atoms with van der Waals surface area (Å²) in [7, 11) is 0. The number of ether oxygens (including phenoxy) is 1. The number of carbonyl (C=O) groups excluding carboxylic acids is 1. The highest BCUT2D eigenvalue weighted by molar-refractivity contribution is 5.73. The van der Waals surface area contributed by atoms with Gasteiger partial charge in [0.15, 0.2) is 0 Å². The van der Waals surface area contributed by atoms with Gasteiger partial charge < -0.3 is 20.9 Å². The lowest BCUT2D eigenvalue weighted by atomic mass is 10.1. The fourth-order valence-electron chi connectivity index (χ4n) is 1.91. The SMILES string of the molecule is NC(=O)CCCNC1COc2cc(O)ccc21. The van der Waals surface area contributed by atoms with Crippen LogP contribution in [0.15, 0.2) is 18.2 Å². The van der Waals surface area contributed by atoms with Crippen LogP contribution < -0.4 is 15.8 Å². The molecule has 0 aromatic heterocycles. The molecule has 5 heteroatoms. The van der Waals surface area contributed by atoms with Gasteiger partial charge in [-0.05, 0) is 25.1 Å². The summed E-state index contributed by atoms with van der Waals surface area (Å²) in [5, 5.41) is 12.6. The van der Waals surface area contributed by atoms with Crippen LogP contribution in [0.1, 0.15) is 24.4 Å². The summed E-state index contributed by atoms with van der Waals surface area (Å²) >= 11 is 0. The van der Waals surface area contributed by atoms with E-state index in [1.165, 1.54) is 0 Å². The number of phenols is 1. The molecule has 1 aromatic carbocycles. The largest absolute Gasteiger partial charge is 0.508 e. The van der Waals surface area contributed by atoms with Gasteiger partial charge in [-0.2, -0.15) is 0 Å². The van der Waals surface area contributed by atoms with Gasteiger partial charge in [-0.15, -0.1) is 0 Å². The lowest BCUT2D eigenvalue weighted by Gasteiger charge is -2.10. The molecule has 0 saturated carbocycles. The minimum absolute atomic E-state index is 0.124. The number of nitrogens with two attached hydrogens (primary N) is 1. The Kier molecular flexibility index (Phi) is 3.49. The number of primary amides is 1. The molecule has 0 radical (unpaired) electrons. The Labute approximate surface area is 99.6 Å². The number of hydrogen-bond donors (Lipinski definition) is 3. The number of rotatable bonds is 5. The van der Waals surface area contributed by atoms with Crippen molar-refractivity contribution in [2.75, 3.05) is 13.2 Å². The van der Waals surface area contributed by atoms with Gasteiger partial charge in [0.1, 0.15) is 18.1 Å². The van der Waals surface area contributed by atoms with Gasteiger partial charge >= 0.3 is 0 Å². The molecule has 0 spiro atoms. The van der Waals surface area contributed by atoms with Gasteiger partial charge in [0.05, 0.1) is 6.04 Å². The molecule has 0 saturated heterocycles. The molecule has 0 fully saturated rings. The Hall–Kier alpha value is -1.75. The average molecular weight is 236 g/mol. The van der Waals surface area contributed by atoms with Crippen molar-refractivity contribution in [1.29, 1.82) is 0 Å². The zero-order valence-electron chi connectivity index (χ0n) is 9.48. The molecule has 0 aliphatic carbocycles. The quantitative estimate of drug-likeness (QED) is 0.656. The summed E-state index contributed by atoms with van der Waals surface area (Å²) in [4.78, 5) is 10.6. The monoisotopic (exact) mass is 236 g/mol. The summed E-state index contributed by atoms with van der Waals surface area (Å²) < 4.78 is 5.46. The van der Waals surface area contributed by atoms with E-state index in [4.69, 9.17) is 10.5 Å². The Morgan fingerprint density at radius 1 is 1.59 bits per heavy atom. The zero-order chi connectivity index (χ0) is 12.3. The topological polar surface area (TPSA) is 84.6 Å². The number of nitrogens with one attached hydrogen (secondary N) is 1. The maximum atomic E-state index is 10.6. The molecule has 2 rings (SSSR count). The lowest BCUT2D eigenvalue weighted by molar-refractivity contribution is -0.118. The number of amides is 1. The second-order valence-electron chi connectivity index (χ2n) is 4.11. The van der Waals surface area contributed by atoms with Crippen LogP contribution in [0, 0.1) is 0 Å². The van der Waals surface area contributed by atoms with Crippen molar-refractivity contribution in [3.05, 3.63) is 23.8 Å². The van der Waals surface area contributed by atoms with E-state index < -0.39 is 0 Å². The van der Waals surface area contributed by atoms with Crippen molar-refractivity contribution in [3.8, 4) is 11.5 Å². The predicted octanol–water partition coefficient (Wildman–Crippen LogP) is 0.681. The fraction of sp³-hybridized carbons (Fsp3) is 0.417. The molecule has 1 aliphatic heterocycles. The average Bonchev–Trinajstić information content (AvgIpc) is 2.66. The zero-order valence-corrected chi connectivity index (χ0v) is 9.48. The van der Waals surface area contributed by atoms with E-state index in [1.807, 2.05) is 6.07 Å². The Morgan fingerprint density at radius 2 is 2.41 bits per heavy atom. The van der Waals surface area contributed by atoms with Crippen LogP contribution in [0.5, 0.6) is 11.5 Å². The molecule has 1 aromatic rings. The van der Waals surface area contributed by atoms with Crippen molar-refractivity contribution in [2.45, 2.75) is 18.9 Å². The summed E-state index contributed by atoms with van der Waals surface area (Å²) in [6.07, 6.45) is 1.11. The van der Waals surface area contributed by atoms with Crippen molar-refractivity contribution >= 4 is 5.91 Å². The first kappa shape index (κ1) is 11.7. The van der Waals surface area contributed by atoms with E-state index in [2.05, 4.69) is 5.32 Å². The van der Waals surface area contributed by atoms with E-state index in [-0.39, 0.29) is 17.7 Å². The van der Waals surface area contributed by atoms with Crippen molar-refractivity contribution < 1.29 is 14.6 Å². The lowest BCUT2D eigenvalue weighted by Crippen LogP contribution is -2.24. The van der Waals surface area contributed by atoms with E-state index in [0.29, 0.717) is 13.0 Å². The molecular formula is C12H16N2O3. The summed E-state index contributed by atoms with van der Waals surface area (Å²) in [6.45, 7) is 1.27. The smallest absolute Gasteiger partial charge is 0.217 e. The summed E-state index contributed by atoms with van der Waals surface area (Å²) in [5.41, 5.74) is 6.10. The van der Waals surface area contributed by atoms with Crippen molar-refractivity contribution in [3.63, 3.8) is 0 Å². The first-order valence-electron chi connectivity index (χ1n) is 5.64. The molecule has 17 heavy (non-hydrogen) atoms. The van der Waals surface area contributed by atoms with Crippen molar-refractivity contribution in [2.24, 2.45) is 5.73 Å². The van der Waals surface area contributed by atoms with E-state index in [1.54, 1.807) is 12.1 Å². The van der Waals surface area contributed by atoms with Gasteiger partial charge in [-0.25, -0.2) is 0 Å². The third kappa shape index (κ3) is 2.88. The number of fused-ring (bicyclic) bond motifs is 1. The number of phenolic OH excluding ortho intramolecular Hbond substituents is 1. The highest BCUT2D eigenvalue weighted by Gasteiger charge is 2.23. The Balaban J connectivity index is 1.87. The van der Waals surface area contributed by atoms with E-state index >= 15 is 0 Å². The van der Waals surface area contributed by atoms with Crippen LogP contribution in [-0.2, 0) is 4.79 Å². The van der Waals surface area contributed by atoms with Crippen molar-refractivity contribution in [1.82, 2.24) is 5.32 Å². The third-order valence-electron chi connectivity index (χ3n) is 2.77. The Bertz CT molecular complexity index is 420. The van der Waals surface area contributed by atoms with Crippen LogP contribution in [0.2, 0.25) is 0 Å².